The van der Waals surface area contributed by atoms with E-state index in [1.807, 2.05) is 13.8 Å². The van der Waals surface area contributed by atoms with E-state index in [0.29, 0.717) is 41.7 Å². The molecule has 0 aliphatic heterocycles. The molecule has 0 radical (unpaired) electrons. The fourth-order valence-electron chi connectivity index (χ4n) is 2.63. The number of carbonyl (C=O) groups is 1. The quantitative estimate of drug-likeness (QED) is 0.644. The maximum atomic E-state index is 12.8. The fraction of sp³-hybridized carbons (Fsp3) is 0.350. The molecule has 0 bridgehead atoms. The van der Waals surface area contributed by atoms with E-state index in [1.165, 1.54) is 12.1 Å². The van der Waals surface area contributed by atoms with Gasteiger partial charge in [0, 0.05) is 19.7 Å². The third kappa shape index (κ3) is 5.85. The molecule has 0 atom stereocenters. The van der Waals surface area contributed by atoms with Crippen LogP contribution in [0, 0.1) is 0 Å². The van der Waals surface area contributed by atoms with Crippen LogP contribution in [0.4, 0.5) is 11.4 Å². The lowest BCUT2D eigenvalue weighted by atomic mass is 10.1. The molecule has 8 nitrogen and oxygen atoms in total. The molecule has 2 aromatic rings. The van der Waals surface area contributed by atoms with Crippen molar-refractivity contribution in [1.29, 1.82) is 0 Å². The van der Waals surface area contributed by atoms with Crippen LogP contribution in [0.25, 0.3) is 0 Å². The number of primary sulfonamides is 1. The summed E-state index contributed by atoms with van der Waals surface area (Å²) in [5, 5.41) is 7.97. The Labute approximate surface area is 171 Å². The zero-order valence-electron chi connectivity index (χ0n) is 17.1. The molecule has 0 heterocycles. The van der Waals surface area contributed by atoms with Gasteiger partial charge in [0.2, 0.25) is 10.0 Å². The van der Waals surface area contributed by atoms with Gasteiger partial charge in [0.1, 0.15) is 0 Å². The lowest BCUT2D eigenvalue weighted by Gasteiger charge is -2.19. The summed E-state index contributed by atoms with van der Waals surface area (Å²) < 4.78 is 34.6. The van der Waals surface area contributed by atoms with Crippen molar-refractivity contribution >= 4 is 27.3 Å². The zero-order chi connectivity index (χ0) is 21.6. The number of nitrogens with two attached hydrogens (primary N) is 1. The van der Waals surface area contributed by atoms with Crippen LogP contribution in [-0.4, -0.2) is 41.6 Å². The number of anilines is 2. The Hall–Kier alpha value is -2.78. The van der Waals surface area contributed by atoms with Crippen molar-refractivity contribution in [2.45, 2.75) is 25.2 Å². The highest BCUT2D eigenvalue weighted by Gasteiger charge is 2.17. The molecule has 0 saturated carbocycles. The minimum Gasteiger partial charge on any atom is -0.490 e. The molecule has 0 unspecified atom stereocenters. The van der Waals surface area contributed by atoms with E-state index in [-0.39, 0.29) is 4.90 Å². The Morgan fingerprint density at radius 1 is 1.07 bits per heavy atom. The smallest absolute Gasteiger partial charge is 0.255 e. The van der Waals surface area contributed by atoms with Crippen LogP contribution in [-0.2, 0) is 10.0 Å². The van der Waals surface area contributed by atoms with Crippen LogP contribution in [0.5, 0.6) is 11.5 Å². The molecule has 0 aliphatic carbocycles. The van der Waals surface area contributed by atoms with E-state index in [1.54, 1.807) is 43.3 Å². The normalized spacial score (nSPS) is 11.1. The van der Waals surface area contributed by atoms with Gasteiger partial charge in [-0.05, 0) is 49.7 Å². The van der Waals surface area contributed by atoms with Gasteiger partial charge in [0.25, 0.3) is 5.91 Å². The Bertz CT molecular complexity index is 974. The number of nitrogens with one attached hydrogen (secondary N) is 1. The summed E-state index contributed by atoms with van der Waals surface area (Å²) in [7, 11) is -0.330. The Balaban J connectivity index is 2.37. The number of rotatable bonds is 9. The molecule has 2 rings (SSSR count). The van der Waals surface area contributed by atoms with E-state index < -0.39 is 15.9 Å². The van der Waals surface area contributed by atoms with Crippen LogP contribution >= 0.6 is 0 Å². The van der Waals surface area contributed by atoms with E-state index in [9.17, 15) is 13.2 Å². The van der Waals surface area contributed by atoms with E-state index >= 15 is 0 Å². The number of nitrogens with zero attached hydrogens (tertiary/aromatic N) is 1. The second-order valence-electron chi connectivity index (χ2n) is 6.52. The summed E-state index contributed by atoms with van der Waals surface area (Å²) in [5.74, 6) is 0.623. The number of hydrogen-bond donors (Lipinski definition) is 2. The molecule has 1 amide bonds. The van der Waals surface area contributed by atoms with Crippen molar-refractivity contribution in [3.8, 4) is 11.5 Å². The number of carbonyl (C=O) groups excluding carboxylic acids is 1. The van der Waals surface area contributed by atoms with Crippen LogP contribution < -0.4 is 24.8 Å². The van der Waals surface area contributed by atoms with Crippen LogP contribution in [0.15, 0.2) is 41.3 Å². The average Bonchev–Trinajstić information content (AvgIpc) is 2.66. The van der Waals surface area contributed by atoms with Gasteiger partial charge in [-0.2, -0.15) is 0 Å². The summed E-state index contributed by atoms with van der Waals surface area (Å²) in [5.41, 5.74) is 1.32. The molecule has 29 heavy (non-hydrogen) atoms. The first-order chi connectivity index (χ1) is 13.7. The van der Waals surface area contributed by atoms with Crippen LogP contribution in [0.1, 0.15) is 30.6 Å². The predicted octanol–water partition coefficient (Wildman–Crippen LogP) is 2.84. The van der Waals surface area contributed by atoms with Crippen LogP contribution in [0.3, 0.4) is 0 Å². The molecule has 9 heteroatoms. The number of sulfonamides is 1. The molecular formula is C20H27N3O5S. The first kappa shape index (κ1) is 22.5. The summed E-state index contributed by atoms with van der Waals surface area (Å²) in [6.07, 6.45) is 0.849. The van der Waals surface area contributed by atoms with Crippen molar-refractivity contribution < 1.29 is 22.7 Å². The minimum atomic E-state index is -3.90. The summed E-state index contributed by atoms with van der Waals surface area (Å²) in [6, 6.07) is 9.23. The standard InChI is InChI=1S/C20H27N3O5S/c1-5-11-28-18-10-7-14(12-19(18)27-6-2)20(24)22-16-13-15(29(21,25)26)8-9-17(16)23(3)4/h7-10,12-13H,5-6,11H2,1-4H3,(H,22,24)(H2,21,25,26). The monoisotopic (exact) mass is 421 g/mol. The number of amides is 1. The second-order valence-corrected chi connectivity index (χ2v) is 8.08. The lowest BCUT2D eigenvalue weighted by molar-refractivity contribution is 0.102. The highest BCUT2D eigenvalue weighted by Crippen LogP contribution is 2.31. The molecule has 0 aliphatic rings. The van der Waals surface area contributed by atoms with Gasteiger partial charge in [-0.1, -0.05) is 6.92 Å². The first-order valence-corrected chi connectivity index (χ1v) is 10.8. The van der Waals surface area contributed by atoms with Crippen molar-refractivity contribution in [3.05, 3.63) is 42.0 Å². The maximum absolute atomic E-state index is 12.8. The topological polar surface area (TPSA) is 111 Å². The molecule has 0 spiro atoms. The predicted molar refractivity (Wildman–Crippen MR) is 113 cm³/mol. The summed E-state index contributed by atoms with van der Waals surface area (Å²) in [4.78, 5) is 14.5. The Morgan fingerprint density at radius 3 is 2.38 bits per heavy atom. The SMILES string of the molecule is CCCOc1ccc(C(=O)Nc2cc(S(N)(=O)=O)ccc2N(C)C)cc1OCC. The van der Waals surface area contributed by atoms with Gasteiger partial charge >= 0.3 is 0 Å². The average molecular weight is 422 g/mol. The Kier molecular flexibility index (Phi) is 7.46. The lowest BCUT2D eigenvalue weighted by Crippen LogP contribution is -2.19. The van der Waals surface area contributed by atoms with Crippen molar-refractivity contribution in [3.63, 3.8) is 0 Å². The largest absolute Gasteiger partial charge is 0.490 e. The van der Waals surface area contributed by atoms with E-state index in [4.69, 9.17) is 14.6 Å². The maximum Gasteiger partial charge on any atom is 0.255 e. The van der Waals surface area contributed by atoms with Crippen molar-refractivity contribution in [2.24, 2.45) is 5.14 Å². The third-order valence-electron chi connectivity index (χ3n) is 3.99. The van der Waals surface area contributed by atoms with E-state index in [0.717, 1.165) is 6.42 Å². The molecular weight excluding hydrogens is 394 g/mol. The van der Waals surface area contributed by atoms with Crippen LogP contribution in [0.2, 0.25) is 0 Å². The first-order valence-electron chi connectivity index (χ1n) is 9.22. The molecule has 0 fully saturated rings. The number of ether oxygens (including phenoxy) is 2. The summed E-state index contributed by atoms with van der Waals surface area (Å²) in [6.45, 7) is 4.81. The van der Waals surface area contributed by atoms with E-state index in [2.05, 4.69) is 5.32 Å². The number of hydrogen-bond acceptors (Lipinski definition) is 6. The van der Waals surface area contributed by atoms with Gasteiger partial charge in [0.15, 0.2) is 11.5 Å². The highest BCUT2D eigenvalue weighted by atomic mass is 32.2. The molecule has 158 valence electrons. The van der Waals surface area contributed by atoms with Gasteiger partial charge in [-0.15, -0.1) is 0 Å². The Morgan fingerprint density at radius 2 is 1.79 bits per heavy atom. The summed E-state index contributed by atoms with van der Waals surface area (Å²) >= 11 is 0. The number of benzene rings is 2. The minimum absolute atomic E-state index is 0.0864. The highest BCUT2D eigenvalue weighted by molar-refractivity contribution is 7.89. The molecule has 0 aromatic heterocycles. The second kappa shape index (κ2) is 9.62. The van der Waals surface area contributed by atoms with Crippen molar-refractivity contribution in [2.75, 3.05) is 37.5 Å². The fourth-order valence-corrected chi connectivity index (χ4v) is 3.17. The molecule has 2 aromatic carbocycles. The van der Waals surface area contributed by atoms with Gasteiger partial charge < -0.3 is 19.7 Å². The van der Waals surface area contributed by atoms with Crippen molar-refractivity contribution in [1.82, 2.24) is 0 Å². The van der Waals surface area contributed by atoms with Gasteiger partial charge in [-0.3, -0.25) is 4.79 Å². The third-order valence-corrected chi connectivity index (χ3v) is 4.90. The molecule has 0 saturated heterocycles. The zero-order valence-corrected chi connectivity index (χ0v) is 17.9. The molecule has 3 N–H and O–H groups in total. The van der Waals surface area contributed by atoms with Gasteiger partial charge in [0.05, 0.1) is 29.5 Å². The van der Waals surface area contributed by atoms with Gasteiger partial charge in [-0.25, -0.2) is 13.6 Å².